The van der Waals surface area contributed by atoms with Gasteiger partial charge >= 0.3 is 0 Å². The molecule has 2 amide bonds. The predicted molar refractivity (Wildman–Crippen MR) is 116 cm³/mol. The first-order valence-corrected chi connectivity index (χ1v) is 10.9. The molecule has 0 radical (unpaired) electrons. The molecule has 0 aliphatic heterocycles. The number of rotatable bonds is 9. The van der Waals surface area contributed by atoms with Gasteiger partial charge in [-0.05, 0) is 23.8 Å². The van der Waals surface area contributed by atoms with Crippen LogP contribution < -0.4 is 5.32 Å². The number of nitriles is 1. The molecule has 0 heterocycles. The summed E-state index contributed by atoms with van der Waals surface area (Å²) in [5.74, 6) is 1.65. The van der Waals surface area contributed by atoms with E-state index >= 15 is 0 Å². The van der Waals surface area contributed by atoms with Gasteiger partial charge in [0.2, 0.25) is 5.91 Å². The second kappa shape index (κ2) is 11.4. The first kappa shape index (κ1) is 21.9. The monoisotopic (exact) mass is 413 g/mol. The van der Waals surface area contributed by atoms with Crippen LogP contribution >= 0.6 is 23.5 Å². The third-order valence-corrected chi connectivity index (χ3v) is 5.98. The minimum atomic E-state index is -0.140. The second-order valence-electron chi connectivity index (χ2n) is 6.15. The maximum Gasteiger partial charge on any atom is 0.252 e. The Hall–Kier alpha value is -2.43. The van der Waals surface area contributed by atoms with Crippen LogP contribution in [0.3, 0.4) is 0 Å². The SMILES string of the molecule is CN(C)C(=O)CSc1ccccc1C(=O)NCCSCc1ccccc1C#N. The van der Waals surface area contributed by atoms with E-state index in [1.165, 1.54) is 16.7 Å². The molecule has 0 aliphatic carbocycles. The zero-order chi connectivity index (χ0) is 20.4. The number of benzene rings is 2. The maximum atomic E-state index is 12.5. The van der Waals surface area contributed by atoms with E-state index in [2.05, 4.69) is 11.4 Å². The molecule has 0 saturated heterocycles. The second-order valence-corrected chi connectivity index (χ2v) is 8.27. The summed E-state index contributed by atoms with van der Waals surface area (Å²) >= 11 is 3.04. The van der Waals surface area contributed by atoms with Crippen molar-refractivity contribution in [2.24, 2.45) is 0 Å². The Balaban J connectivity index is 1.82. The van der Waals surface area contributed by atoms with Crippen LogP contribution in [0.1, 0.15) is 21.5 Å². The molecule has 7 heteroatoms. The van der Waals surface area contributed by atoms with Gasteiger partial charge in [0.05, 0.1) is 22.9 Å². The van der Waals surface area contributed by atoms with Crippen LogP contribution in [-0.4, -0.2) is 48.9 Å². The van der Waals surface area contributed by atoms with Crippen molar-refractivity contribution in [3.63, 3.8) is 0 Å². The van der Waals surface area contributed by atoms with Crippen molar-refractivity contribution in [2.45, 2.75) is 10.6 Å². The van der Waals surface area contributed by atoms with Gasteiger partial charge in [-0.25, -0.2) is 0 Å². The van der Waals surface area contributed by atoms with E-state index in [-0.39, 0.29) is 11.8 Å². The smallest absolute Gasteiger partial charge is 0.252 e. The van der Waals surface area contributed by atoms with Crippen LogP contribution in [0.4, 0.5) is 0 Å². The lowest BCUT2D eigenvalue weighted by molar-refractivity contribution is -0.125. The number of carbonyl (C=O) groups is 2. The first-order chi connectivity index (χ1) is 13.5. The van der Waals surface area contributed by atoms with E-state index in [0.29, 0.717) is 23.4 Å². The van der Waals surface area contributed by atoms with E-state index in [1.807, 2.05) is 42.5 Å². The molecular weight excluding hydrogens is 390 g/mol. The van der Waals surface area contributed by atoms with E-state index in [1.54, 1.807) is 31.9 Å². The molecule has 1 N–H and O–H groups in total. The summed E-state index contributed by atoms with van der Waals surface area (Å²) in [6.45, 7) is 0.536. The van der Waals surface area contributed by atoms with Crippen LogP contribution in [0.5, 0.6) is 0 Å². The molecule has 28 heavy (non-hydrogen) atoms. The Kier molecular flexibility index (Phi) is 8.92. The Morgan fingerprint density at radius 1 is 1.11 bits per heavy atom. The lowest BCUT2D eigenvalue weighted by Gasteiger charge is -2.12. The largest absolute Gasteiger partial charge is 0.351 e. The van der Waals surface area contributed by atoms with Crippen molar-refractivity contribution in [1.29, 1.82) is 5.26 Å². The van der Waals surface area contributed by atoms with Crippen LogP contribution in [-0.2, 0) is 10.5 Å². The van der Waals surface area contributed by atoms with Gasteiger partial charge in [-0.15, -0.1) is 11.8 Å². The van der Waals surface area contributed by atoms with Gasteiger partial charge in [0, 0.05) is 37.0 Å². The molecular formula is C21H23N3O2S2. The minimum absolute atomic E-state index is 0.00858. The fraction of sp³-hybridized carbons (Fsp3) is 0.286. The van der Waals surface area contributed by atoms with Gasteiger partial charge in [0.1, 0.15) is 0 Å². The van der Waals surface area contributed by atoms with Crippen LogP contribution in [0.25, 0.3) is 0 Å². The molecule has 0 unspecified atom stereocenters. The van der Waals surface area contributed by atoms with E-state index in [9.17, 15) is 9.59 Å². The summed E-state index contributed by atoms with van der Waals surface area (Å²) < 4.78 is 0. The lowest BCUT2D eigenvalue weighted by Crippen LogP contribution is -2.26. The molecule has 2 rings (SSSR count). The van der Waals surface area contributed by atoms with Gasteiger partial charge in [0.25, 0.3) is 5.91 Å². The quantitative estimate of drug-likeness (QED) is 0.504. The Labute approximate surface area is 174 Å². The Morgan fingerprint density at radius 3 is 2.57 bits per heavy atom. The normalized spacial score (nSPS) is 10.2. The average molecular weight is 414 g/mol. The molecule has 0 bridgehead atoms. The minimum Gasteiger partial charge on any atom is -0.351 e. The Morgan fingerprint density at radius 2 is 1.82 bits per heavy atom. The van der Waals surface area contributed by atoms with Crippen LogP contribution in [0.15, 0.2) is 53.4 Å². The number of carbonyl (C=O) groups excluding carboxylic acids is 2. The third kappa shape index (κ3) is 6.63. The molecule has 2 aromatic carbocycles. The average Bonchev–Trinajstić information content (AvgIpc) is 2.72. The number of hydrogen-bond donors (Lipinski definition) is 1. The molecule has 0 aliphatic rings. The standard InChI is InChI=1S/C21H23N3O2S2/c1-24(2)20(25)15-28-19-10-6-5-9-18(19)21(26)23-11-12-27-14-17-8-4-3-7-16(17)13-22/h3-10H,11-12,14-15H2,1-2H3,(H,23,26). The molecule has 0 spiro atoms. The summed E-state index contributed by atoms with van der Waals surface area (Å²) in [6.07, 6.45) is 0. The summed E-state index contributed by atoms with van der Waals surface area (Å²) in [5.41, 5.74) is 2.28. The highest BCUT2D eigenvalue weighted by Crippen LogP contribution is 2.23. The summed E-state index contributed by atoms with van der Waals surface area (Å²) in [4.78, 5) is 26.6. The van der Waals surface area contributed by atoms with Crippen molar-refractivity contribution >= 4 is 35.3 Å². The van der Waals surface area contributed by atoms with Gasteiger partial charge in [-0.2, -0.15) is 17.0 Å². The maximum absolute atomic E-state index is 12.5. The number of nitrogens with zero attached hydrogens (tertiary/aromatic N) is 2. The zero-order valence-electron chi connectivity index (χ0n) is 16.0. The molecule has 5 nitrogen and oxygen atoms in total. The van der Waals surface area contributed by atoms with Gasteiger partial charge in [-0.1, -0.05) is 30.3 Å². The van der Waals surface area contributed by atoms with Crippen molar-refractivity contribution in [2.75, 3.05) is 32.1 Å². The van der Waals surface area contributed by atoms with Crippen molar-refractivity contribution in [1.82, 2.24) is 10.2 Å². The van der Waals surface area contributed by atoms with Crippen molar-refractivity contribution < 1.29 is 9.59 Å². The molecule has 0 aromatic heterocycles. The highest BCUT2D eigenvalue weighted by atomic mass is 32.2. The van der Waals surface area contributed by atoms with E-state index in [4.69, 9.17) is 5.26 Å². The number of hydrogen-bond acceptors (Lipinski definition) is 5. The number of nitrogens with one attached hydrogen (secondary N) is 1. The van der Waals surface area contributed by atoms with Crippen LogP contribution in [0.2, 0.25) is 0 Å². The van der Waals surface area contributed by atoms with Crippen molar-refractivity contribution in [3.05, 3.63) is 65.2 Å². The van der Waals surface area contributed by atoms with Gasteiger partial charge < -0.3 is 10.2 Å². The van der Waals surface area contributed by atoms with Gasteiger partial charge in [0.15, 0.2) is 0 Å². The molecule has 0 fully saturated rings. The number of amides is 2. The Bertz CT molecular complexity index is 863. The highest BCUT2D eigenvalue weighted by molar-refractivity contribution is 8.00. The van der Waals surface area contributed by atoms with Crippen LogP contribution in [0, 0.1) is 11.3 Å². The molecule has 146 valence electrons. The lowest BCUT2D eigenvalue weighted by atomic mass is 10.1. The number of thioether (sulfide) groups is 2. The molecule has 0 atom stereocenters. The fourth-order valence-electron chi connectivity index (χ4n) is 2.32. The highest BCUT2D eigenvalue weighted by Gasteiger charge is 2.13. The zero-order valence-corrected chi connectivity index (χ0v) is 17.6. The topological polar surface area (TPSA) is 73.2 Å². The summed E-state index contributed by atoms with van der Waals surface area (Å²) in [6, 6.07) is 17.1. The van der Waals surface area contributed by atoms with E-state index < -0.39 is 0 Å². The predicted octanol–water partition coefficient (Wildman–Crippen LogP) is 3.40. The summed E-state index contributed by atoms with van der Waals surface area (Å²) in [5, 5.41) is 12.0. The third-order valence-electron chi connectivity index (χ3n) is 3.91. The van der Waals surface area contributed by atoms with E-state index in [0.717, 1.165) is 22.0 Å². The fourth-order valence-corrected chi connectivity index (χ4v) is 4.21. The molecule has 2 aromatic rings. The molecule has 0 saturated carbocycles. The van der Waals surface area contributed by atoms with Crippen molar-refractivity contribution in [3.8, 4) is 6.07 Å². The first-order valence-electron chi connectivity index (χ1n) is 8.79. The summed E-state index contributed by atoms with van der Waals surface area (Å²) in [7, 11) is 3.43. The van der Waals surface area contributed by atoms with Gasteiger partial charge in [-0.3, -0.25) is 9.59 Å².